The maximum Gasteiger partial charge on any atom is 0.255 e. The van der Waals surface area contributed by atoms with E-state index in [0.29, 0.717) is 12.2 Å². The van der Waals surface area contributed by atoms with Crippen molar-refractivity contribution in [2.75, 3.05) is 11.9 Å². The topological polar surface area (TPSA) is 47.6 Å². The third-order valence-corrected chi connectivity index (χ3v) is 4.86. The summed E-state index contributed by atoms with van der Waals surface area (Å²) in [6, 6.07) is 25.1. The Bertz CT molecular complexity index is 905. The van der Waals surface area contributed by atoms with Crippen LogP contribution in [0.5, 0.6) is 11.5 Å². The predicted molar refractivity (Wildman–Crippen MR) is 121 cm³/mol. The quantitative estimate of drug-likeness (QED) is 0.414. The first-order valence-corrected chi connectivity index (χ1v) is 10.5. The van der Waals surface area contributed by atoms with E-state index in [1.807, 2.05) is 49.4 Å². The Morgan fingerprint density at radius 2 is 1.57 bits per heavy atom. The molecule has 4 nitrogen and oxygen atoms in total. The zero-order valence-corrected chi connectivity index (χ0v) is 17.6. The van der Waals surface area contributed by atoms with Gasteiger partial charge in [0.25, 0.3) is 5.91 Å². The number of anilines is 1. The molecule has 0 radical (unpaired) electrons. The molecule has 0 aromatic heterocycles. The Hall–Kier alpha value is -3.27. The highest BCUT2D eigenvalue weighted by atomic mass is 16.5. The van der Waals surface area contributed by atoms with Crippen LogP contribution in [-0.2, 0) is 6.42 Å². The maximum atomic E-state index is 12.5. The molecule has 0 aliphatic heterocycles. The third-order valence-electron chi connectivity index (χ3n) is 4.86. The molecule has 0 aliphatic carbocycles. The summed E-state index contributed by atoms with van der Waals surface area (Å²) < 4.78 is 11.5. The van der Waals surface area contributed by atoms with Gasteiger partial charge in [0, 0.05) is 11.3 Å². The predicted octanol–water partition coefficient (Wildman–Crippen LogP) is 6.13. The number of hydrogen-bond donors (Lipinski definition) is 1. The zero-order valence-electron chi connectivity index (χ0n) is 17.6. The zero-order chi connectivity index (χ0) is 21.2. The van der Waals surface area contributed by atoms with E-state index >= 15 is 0 Å². The average molecular weight is 404 g/mol. The monoisotopic (exact) mass is 403 g/mol. The summed E-state index contributed by atoms with van der Waals surface area (Å²) >= 11 is 0. The normalized spacial score (nSPS) is 11.5. The molecule has 4 heteroatoms. The van der Waals surface area contributed by atoms with Gasteiger partial charge in [0.1, 0.15) is 11.5 Å². The van der Waals surface area contributed by atoms with Crippen LogP contribution in [0, 0.1) is 0 Å². The van der Waals surface area contributed by atoms with Gasteiger partial charge in [-0.2, -0.15) is 0 Å². The fourth-order valence-electron chi connectivity index (χ4n) is 2.95. The number of carbonyl (C=O) groups excluding carboxylic acids is 1. The van der Waals surface area contributed by atoms with E-state index in [1.54, 1.807) is 12.1 Å². The summed E-state index contributed by atoms with van der Waals surface area (Å²) in [6.45, 7) is 4.76. The SMILES string of the molecule is CCC(C)Oc1ccc(C(=O)Nc2ccc(OCCCc3ccccc3)cc2)cc1. The number of rotatable bonds is 10. The number of benzene rings is 3. The molecule has 3 aromatic carbocycles. The highest BCUT2D eigenvalue weighted by Crippen LogP contribution is 2.19. The number of carbonyl (C=O) groups is 1. The number of hydrogen-bond acceptors (Lipinski definition) is 3. The van der Waals surface area contributed by atoms with E-state index in [2.05, 4.69) is 36.5 Å². The summed E-state index contributed by atoms with van der Waals surface area (Å²) in [5.74, 6) is 1.42. The standard InChI is InChI=1S/C26H29NO3/c1-3-20(2)30-25-15-11-22(12-16-25)26(28)27-23-13-17-24(18-14-23)29-19-7-10-21-8-5-4-6-9-21/h4-6,8-9,11-18,20H,3,7,10,19H2,1-2H3,(H,27,28). The number of nitrogens with one attached hydrogen (secondary N) is 1. The van der Waals surface area contributed by atoms with Crippen molar-refractivity contribution in [3.63, 3.8) is 0 Å². The molecule has 0 aliphatic rings. The molecule has 0 fully saturated rings. The summed E-state index contributed by atoms with van der Waals surface area (Å²) in [7, 11) is 0. The molecule has 3 rings (SSSR count). The largest absolute Gasteiger partial charge is 0.494 e. The molecule has 1 amide bonds. The number of ether oxygens (including phenoxy) is 2. The highest BCUT2D eigenvalue weighted by Gasteiger charge is 2.08. The second-order valence-electron chi connectivity index (χ2n) is 7.28. The molecular weight excluding hydrogens is 374 g/mol. The lowest BCUT2D eigenvalue weighted by Crippen LogP contribution is -2.12. The van der Waals surface area contributed by atoms with Crippen molar-refractivity contribution >= 4 is 11.6 Å². The Kier molecular flexibility index (Phi) is 7.90. The van der Waals surface area contributed by atoms with Crippen LogP contribution in [0.1, 0.15) is 42.6 Å². The first kappa shape index (κ1) is 21.4. The van der Waals surface area contributed by atoms with E-state index in [-0.39, 0.29) is 12.0 Å². The fraction of sp³-hybridized carbons (Fsp3) is 0.269. The van der Waals surface area contributed by atoms with E-state index in [0.717, 1.165) is 36.4 Å². The lowest BCUT2D eigenvalue weighted by atomic mass is 10.1. The Morgan fingerprint density at radius 1 is 0.900 bits per heavy atom. The van der Waals surface area contributed by atoms with Crippen molar-refractivity contribution in [3.8, 4) is 11.5 Å². The Labute approximate surface area is 178 Å². The van der Waals surface area contributed by atoms with Gasteiger partial charge < -0.3 is 14.8 Å². The van der Waals surface area contributed by atoms with Gasteiger partial charge in [-0.25, -0.2) is 0 Å². The molecule has 1 N–H and O–H groups in total. The molecular formula is C26H29NO3. The van der Waals surface area contributed by atoms with E-state index < -0.39 is 0 Å². The van der Waals surface area contributed by atoms with Crippen molar-refractivity contribution in [3.05, 3.63) is 90.0 Å². The van der Waals surface area contributed by atoms with Crippen LogP contribution in [0.2, 0.25) is 0 Å². The second kappa shape index (κ2) is 11.1. The Morgan fingerprint density at radius 3 is 2.23 bits per heavy atom. The van der Waals surface area contributed by atoms with Crippen LogP contribution in [0.15, 0.2) is 78.9 Å². The lowest BCUT2D eigenvalue weighted by molar-refractivity contribution is 0.102. The molecule has 0 saturated heterocycles. The first-order valence-electron chi connectivity index (χ1n) is 10.5. The average Bonchev–Trinajstić information content (AvgIpc) is 2.79. The molecule has 1 atom stereocenters. The van der Waals surface area contributed by atoms with Gasteiger partial charge in [-0.05, 0) is 80.3 Å². The minimum atomic E-state index is -0.151. The van der Waals surface area contributed by atoms with Crippen molar-refractivity contribution in [2.45, 2.75) is 39.2 Å². The van der Waals surface area contributed by atoms with Crippen LogP contribution in [0.4, 0.5) is 5.69 Å². The van der Waals surface area contributed by atoms with E-state index in [9.17, 15) is 4.79 Å². The Balaban J connectivity index is 1.44. The van der Waals surface area contributed by atoms with Crippen molar-refractivity contribution in [1.82, 2.24) is 0 Å². The van der Waals surface area contributed by atoms with Gasteiger partial charge in [-0.1, -0.05) is 37.3 Å². The lowest BCUT2D eigenvalue weighted by Gasteiger charge is -2.13. The molecule has 0 saturated carbocycles. The maximum absolute atomic E-state index is 12.5. The van der Waals surface area contributed by atoms with Gasteiger partial charge >= 0.3 is 0 Å². The van der Waals surface area contributed by atoms with Crippen LogP contribution < -0.4 is 14.8 Å². The minimum Gasteiger partial charge on any atom is -0.494 e. The molecule has 1 unspecified atom stereocenters. The number of amides is 1. The smallest absolute Gasteiger partial charge is 0.255 e. The van der Waals surface area contributed by atoms with Crippen molar-refractivity contribution in [1.29, 1.82) is 0 Å². The van der Waals surface area contributed by atoms with Gasteiger partial charge in [-0.3, -0.25) is 4.79 Å². The molecule has 30 heavy (non-hydrogen) atoms. The minimum absolute atomic E-state index is 0.151. The van der Waals surface area contributed by atoms with E-state index in [4.69, 9.17) is 9.47 Å². The van der Waals surface area contributed by atoms with Crippen molar-refractivity contribution < 1.29 is 14.3 Å². The molecule has 156 valence electrons. The van der Waals surface area contributed by atoms with Crippen LogP contribution in [0.25, 0.3) is 0 Å². The second-order valence-corrected chi connectivity index (χ2v) is 7.28. The van der Waals surface area contributed by atoms with Crippen LogP contribution in [0.3, 0.4) is 0 Å². The molecule has 0 bridgehead atoms. The summed E-state index contributed by atoms with van der Waals surface area (Å²) in [6.07, 6.45) is 3.05. The third kappa shape index (κ3) is 6.66. The molecule has 0 spiro atoms. The van der Waals surface area contributed by atoms with Gasteiger partial charge in [-0.15, -0.1) is 0 Å². The van der Waals surface area contributed by atoms with E-state index in [1.165, 1.54) is 5.56 Å². The molecule has 0 heterocycles. The summed E-state index contributed by atoms with van der Waals surface area (Å²) in [4.78, 5) is 12.5. The van der Waals surface area contributed by atoms with Gasteiger partial charge in [0.15, 0.2) is 0 Å². The van der Waals surface area contributed by atoms with Crippen LogP contribution >= 0.6 is 0 Å². The number of aryl methyl sites for hydroxylation is 1. The molecule has 3 aromatic rings. The van der Waals surface area contributed by atoms with Gasteiger partial charge in [0.2, 0.25) is 0 Å². The summed E-state index contributed by atoms with van der Waals surface area (Å²) in [5, 5.41) is 2.91. The van der Waals surface area contributed by atoms with Crippen LogP contribution in [-0.4, -0.2) is 18.6 Å². The first-order chi connectivity index (χ1) is 14.6. The summed E-state index contributed by atoms with van der Waals surface area (Å²) in [5.41, 5.74) is 2.64. The highest BCUT2D eigenvalue weighted by molar-refractivity contribution is 6.04. The van der Waals surface area contributed by atoms with Gasteiger partial charge in [0.05, 0.1) is 12.7 Å². The van der Waals surface area contributed by atoms with Crippen molar-refractivity contribution in [2.24, 2.45) is 0 Å². The fourth-order valence-corrected chi connectivity index (χ4v) is 2.95.